The zero-order valence-electron chi connectivity index (χ0n) is 17.1. The van der Waals surface area contributed by atoms with E-state index in [-0.39, 0.29) is 24.9 Å². The second-order valence-electron chi connectivity index (χ2n) is 7.47. The Balaban J connectivity index is 1.67. The number of esters is 1. The van der Waals surface area contributed by atoms with Crippen LogP contribution in [0.1, 0.15) is 48.1 Å². The molecule has 1 aliphatic heterocycles. The highest BCUT2D eigenvalue weighted by Gasteiger charge is 2.47. The molecule has 0 fully saturated rings. The van der Waals surface area contributed by atoms with Crippen LogP contribution >= 0.6 is 0 Å². The van der Waals surface area contributed by atoms with Gasteiger partial charge < -0.3 is 14.9 Å². The van der Waals surface area contributed by atoms with Crippen LogP contribution in [0.2, 0.25) is 0 Å². The minimum atomic E-state index is -1.22. The second-order valence-corrected chi connectivity index (χ2v) is 7.47. The van der Waals surface area contributed by atoms with E-state index in [9.17, 15) is 9.59 Å². The van der Waals surface area contributed by atoms with E-state index in [2.05, 4.69) is 15.6 Å². The number of aryl methyl sites for hydroxylation is 1. The van der Waals surface area contributed by atoms with Gasteiger partial charge in [0.1, 0.15) is 5.69 Å². The van der Waals surface area contributed by atoms with Gasteiger partial charge in [-0.15, -0.1) is 0 Å². The highest BCUT2D eigenvalue weighted by Crippen LogP contribution is 2.29. The van der Waals surface area contributed by atoms with E-state index in [0.717, 1.165) is 11.3 Å². The first-order valence-corrected chi connectivity index (χ1v) is 9.55. The van der Waals surface area contributed by atoms with E-state index in [1.165, 1.54) is 7.11 Å². The van der Waals surface area contributed by atoms with E-state index in [0.29, 0.717) is 17.8 Å². The number of hydrogen-bond donors (Lipinski definition) is 1. The third-order valence-corrected chi connectivity index (χ3v) is 4.76. The van der Waals surface area contributed by atoms with Crippen LogP contribution < -0.4 is 5.32 Å². The highest BCUT2D eigenvalue weighted by atomic mass is 16.7. The van der Waals surface area contributed by atoms with Gasteiger partial charge in [0, 0.05) is 18.9 Å². The van der Waals surface area contributed by atoms with Crippen molar-refractivity contribution in [3.8, 4) is 0 Å². The SMILES string of the molecule is COC(=O)C1(Cc2ccccc2)CC(CNC(=O)c2cc(C)nn2C(C)C)=NO1. The predicted octanol–water partition coefficient (Wildman–Crippen LogP) is 2.43. The lowest BCUT2D eigenvalue weighted by atomic mass is 9.89. The fraction of sp³-hybridized carbons (Fsp3) is 0.429. The smallest absolute Gasteiger partial charge is 0.353 e. The predicted molar refractivity (Wildman–Crippen MR) is 108 cm³/mol. The van der Waals surface area contributed by atoms with Gasteiger partial charge in [0.05, 0.1) is 25.1 Å². The lowest BCUT2D eigenvalue weighted by molar-refractivity contribution is -0.166. The summed E-state index contributed by atoms with van der Waals surface area (Å²) < 4.78 is 6.65. The molecule has 0 spiro atoms. The molecule has 1 atom stereocenters. The first-order valence-electron chi connectivity index (χ1n) is 9.55. The van der Waals surface area contributed by atoms with Gasteiger partial charge in [-0.25, -0.2) is 4.79 Å². The third-order valence-electron chi connectivity index (χ3n) is 4.76. The maximum absolute atomic E-state index is 12.6. The number of rotatable bonds is 7. The number of nitrogens with zero attached hydrogens (tertiary/aromatic N) is 3. The van der Waals surface area contributed by atoms with Crippen molar-refractivity contribution in [3.63, 3.8) is 0 Å². The van der Waals surface area contributed by atoms with E-state index in [4.69, 9.17) is 9.57 Å². The van der Waals surface area contributed by atoms with Gasteiger partial charge in [-0.2, -0.15) is 5.10 Å². The van der Waals surface area contributed by atoms with Crippen LogP contribution in [-0.4, -0.2) is 46.6 Å². The molecule has 1 unspecified atom stereocenters. The first-order chi connectivity index (χ1) is 13.8. The molecule has 0 radical (unpaired) electrons. The Labute approximate surface area is 169 Å². The van der Waals surface area contributed by atoms with Crippen molar-refractivity contribution in [1.29, 1.82) is 0 Å². The molecule has 2 heterocycles. The van der Waals surface area contributed by atoms with Gasteiger partial charge >= 0.3 is 5.97 Å². The summed E-state index contributed by atoms with van der Waals surface area (Å²) in [5, 5.41) is 11.3. The average Bonchev–Trinajstić information content (AvgIpc) is 3.31. The molecule has 0 saturated carbocycles. The number of nitrogens with one attached hydrogen (secondary N) is 1. The number of amides is 1. The van der Waals surface area contributed by atoms with E-state index >= 15 is 0 Å². The van der Waals surface area contributed by atoms with Crippen molar-refractivity contribution in [3.05, 3.63) is 53.3 Å². The number of methoxy groups -OCH3 is 1. The molecule has 154 valence electrons. The largest absolute Gasteiger partial charge is 0.466 e. The molecule has 3 rings (SSSR count). The third kappa shape index (κ3) is 4.47. The van der Waals surface area contributed by atoms with Gasteiger partial charge in [0.2, 0.25) is 5.60 Å². The average molecular weight is 398 g/mol. The van der Waals surface area contributed by atoms with Crippen LogP contribution in [0.3, 0.4) is 0 Å². The summed E-state index contributed by atoms with van der Waals surface area (Å²) >= 11 is 0. The topological polar surface area (TPSA) is 94.8 Å². The highest BCUT2D eigenvalue weighted by molar-refractivity contribution is 5.99. The molecule has 1 aromatic carbocycles. The molecular weight excluding hydrogens is 372 g/mol. The lowest BCUT2D eigenvalue weighted by Crippen LogP contribution is -2.43. The van der Waals surface area contributed by atoms with Crippen molar-refractivity contribution in [2.45, 2.75) is 45.3 Å². The maximum Gasteiger partial charge on any atom is 0.353 e. The normalized spacial score (nSPS) is 18.3. The summed E-state index contributed by atoms with van der Waals surface area (Å²) in [5.74, 6) is -0.736. The van der Waals surface area contributed by atoms with Gasteiger partial charge in [-0.05, 0) is 32.4 Å². The molecule has 1 aliphatic rings. The minimum Gasteiger partial charge on any atom is -0.466 e. The lowest BCUT2D eigenvalue weighted by Gasteiger charge is -2.23. The van der Waals surface area contributed by atoms with Crippen LogP contribution in [0.4, 0.5) is 0 Å². The number of benzene rings is 1. The van der Waals surface area contributed by atoms with Crippen molar-refractivity contribution >= 4 is 17.6 Å². The van der Waals surface area contributed by atoms with Crippen LogP contribution in [-0.2, 0) is 20.8 Å². The molecule has 29 heavy (non-hydrogen) atoms. The molecule has 1 aromatic heterocycles. The van der Waals surface area contributed by atoms with Gasteiger partial charge in [0.15, 0.2) is 0 Å². The number of ether oxygens (including phenoxy) is 1. The van der Waals surface area contributed by atoms with Crippen molar-refractivity contribution in [2.75, 3.05) is 13.7 Å². The van der Waals surface area contributed by atoms with Crippen molar-refractivity contribution < 1.29 is 19.2 Å². The Bertz CT molecular complexity index is 920. The quantitative estimate of drug-likeness (QED) is 0.723. The molecule has 1 amide bonds. The molecule has 0 aliphatic carbocycles. The molecule has 8 heteroatoms. The fourth-order valence-corrected chi connectivity index (χ4v) is 3.38. The summed E-state index contributed by atoms with van der Waals surface area (Å²) in [6, 6.07) is 11.4. The maximum atomic E-state index is 12.6. The van der Waals surface area contributed by atoms with Gasteiger partial charge in [0.25, 0.3) is 5.91 Å². The Kier molecular flexibility index (Phi) is 6.00. The van der Waals surface area contributed by atoms with Crippen LogP contribution in [0.5, 0.6) is 0 Å². The number of carbonyl (C=O) groups is 2. The Morgan fingerprint density at radius 2 is 2.03 bits per heavy atom. The standard InChI is InChI=1S/C21H26N4O4/c1-14(2)25-18(10-15(3)23-25)19(26)22-13-17-12-21(29-24-17,20(27)28-4)11-16-8-6-5-7-9-16/h5-10,14H,11-13H2,1-4H3,(H,22,26). The summed E-state index contributed by atoms with van der Waals surface area (Å²) in [5.41, 5.74) is 1.56. The number of aromatic nitrogens is 2. The van der Waals surface area contributed by atoms with E-state index in [1.54, 1.807) is 10.7 Å². The Morgan fingerprint density at radius 3 is 2.69 bits per heavy atom. The van der Waals surface area contributed by atoms with Crippen molar-refractivity contribution in [2.24, 2.45) is 5.16 Å². The number of carbonyl (C=O) groups excluding carboxylic acids is 2. The summed E-state index contributed by atoms with van der Waals surface area (Å²) in [4.78, 5) is 30.6. The minimum absolute atomic E-state index is 0.0643. The molecule has 0 saturated heterocycles. The summed E-state index contributed by atoms with van der Waals surface area (Å²) in [6.07, 6.45) is 0.581. The van der Waals surface area contributed by atoms with Crippen LogP contribution in [0.15, 0.2) is 41.6 Å². The molecule has 1 N–H and O–H groups in total. The first kappa shape index (κ1) is 20.6. The van der Waals surface area contributed by atoms with Gasteiger partial charge in [-0.1, -0.05) is 35.5 Å². The van der Waals surface area contributed by atoms with Crippen molar-refractivity contribution in [1.82, 2.24) is 15.1 Å². The van der Waals surface area contributed by atoms with Crippen LogP contribution in [0.25, 0.3) is 0 Å². The molecule has 8 nitrogen and oxygen atoms in total. The zero-order valence-corrected chi connectivity index (χ0v) is 17.1. The molecular formula is C21H26N4O4. The Morgan fingerprint density at radius 1 is 1.31 bits per heavy atom. The Hall–Kier alpha value is -3.16. The van der Waals surface area contributed by atoms with Crippen LogP contribution in [0, 0.1) is 6.92 Å². The number of hydrogen-bond acceptors (Lipinski definition) is 6. The monoisotopic (exact) mass is 398 g/mol. The molecule has 2 aromatic rings. The summed E-state index contributed by atoms with van der Waals surface area (Å²) in [6.45, 7) is 5.95. The summed E-state index contributed by atoms with van der Waals surface area (Å²) in [7, 11) is 1.33. The molecule has 0 bridgehead atoms. The second kappa shape index (κ2) is 8.46. The number of oxime groups is 1. The van der Waals surface area contributed by atoms with E-state index < -0.39 is 11.6 Å². The fourth-order valence-electron chi connectivity index (χ4n) is 3.38. The van der Waals surface area contributed by atoms with Gasteiger partial charge in [-0.3, -0.25) is 9.48 Å². The zero-order chi connectivity index (χ0) is 21.0. The van der Waals surface area contributed by atoms with E-state index in [1.807, 2.05) is 51.1 Å².